The fourth-order valence-electron chi connectivity index (χ4n) is 1.83. The fourth-order valence-corrected chi connectivity index (χ4v) is 1.83. The summed E-state index contributed by atoms with van der Waals surface area (Å²) in [6.07, 6.45) is 1.01. The van der Waals surface area contributed by atoms with Crippen LogP contribution >= 0.6 is 0 Å². The molecule has 0 aliphatic rings. The molecule has 0 saturated carbocycles. The van der Waals surface area contributed by atoms with Gasteiger partial charge in [0.15, 0.2) is 0 Å². The van der Waals surface area contributed by atoms with Crippen molar-refractivity contribution in [1.82, 2.24) is 0 Å². The van der Waals surface area contributed by atoms with Crippen molar-refractivity contribution in [3.8, 4) is 11.5 Å². The van der Waals surface area contributed by atoms with Gasteiger partial charge in [0.05, 0.1) is 0 Å². The van der Waals surface area contributed by atoms with Crippen molar-refractivity contribution in [2.75, 3.05) is 0 Å². The van der Waals surface area contributed by atoms with E-state index in [1.54, 1.807) is 0 Å². The topological polar surface area (TPSA) is 35.2 Å². The summed E-state index contributed by atoms with van der Waals surface area (Å²) in [6, 6.07) is 16.1. The number of aryl methyl sites for hydroxylation is 1. The molecular weight excluding hydrogens is 222 g/mol. The maximum Gasteiger partial charge on any atom is 0.127 e. The summed E-state index contributed by atoms with van der Waals surface area (Å²) in [6.45, 7) is 4.10. The van der Waals surface area contributed by atoms with Crippen molar-refractivity contribution in [3.63, 3.8) is 0 Å². The molecule has 0 aliphatic heterocycles. The van der Waals surface area contributed by atoms with Gasteiger partial charge in [-0.15, -0.1) is 0 Å². The predicted molar refractivity (Wildman–Crippen MR) is 74.9 cm³/mol. The lowest BCUT2D eigenvalue weighted by molar-refractivity contribution is 0.481. The van der Waals surface area contributed by atoms with E-state index in [0.29, 0.717) is 0 Å². The molecule has 0 heterocycles. The van der Waals surface area contributed by atoms with Gasteiger partial charge >= 0.3 is 0 Å². The molecule has 2 rings (SSSR count). The molecule has 2 N–H and O–H groups in total. The molecule has 0 aliphatic carbocycles. The maximum absolute atomic E-state index is 5.87. The van der Waals surface area contributed by atoms with E-state index in [4.69, 9.17) is 10.5 Å². The summed E-state index contributed by atoms with van der Waals surface area (Å²) in [5, 5.41) is 0. The predicted octanol–water partition coefficient (Wildman–Crippen LogP) is 4.06. The van der Waals surface area contributed by atoms with Gasteiger partial charge in [0.1, 0.15) is 11.5 Å². The van der Waals surface area contributed by atoms with Crippen LogP contribution in [-0.2, 0) is 6.42 Å². The molecule has 1 unspecified atom stereocenters. The lowest BCUT2D eigenvalue weighted by Gasteiger charge is -2.10. The summed E-state index contributed by atoms with van der Waals surface area (Å²) in [4.78, 5) is 0. The zero-order valence-electron chi connectivity index (χ0n) is 10.9. The molecule has 94 valence electrons. The quantitative estimate of drug-likeness (QED) is 0.876. The first-order chi connectivity index (χ1) is 8.69. The van der Waals surface area contributed by atoms with E-state index >= 15 is 0 Å². The lowest BCUT2D eigenvalue weighted by Crippen LogP contribution is -2.04. The molecule has 2 aromatic rings. The molecule has 0 spiro atoms. The second kappa shape index (κ2) is 5.69. The van der Waals surface area contributed by atoms with Gasteiger partial charge < -0.3 is 10.5 Å². The average molecular weight is 241 g/mol. The van der Waals surface area contributed by atoms with Crippen LogP contribution in [0.4, 0.5) is 0 Å². The highest BCUT2D eigenvalue weighted by Gasteiger charge is 2.02. The van der Waals surface area contributed by atoms with Crippen LogP contribution in [0.1, 0.15) is 31.0 Å². The Hall–Kier alpha value is -1.80. The first kappa shape index (κ1) is 12.7. The van der Waals surface area contributed by atoms with E-state index in [-0.39, 0.29) is 6.04 Å². The summed E-state index contributed by atoms with van der Waals surface area (Å²) in [7, 11) is 0. The molecule has 0 bridgehead atoms. The Kier molecular flexibility index (Phi) is 4.00. The van der Waals surface area contributed by atoms with E-state index in [1.807, 2.05) is 43.3 Å². The van der Waals surface area contributed by atoms with E-state index in [1.165, 1.54) is 5.56 Å². The second-order valence-electron chi connectivity index (χ2n) is 4.46. The third-order valence-corrected chi connectivity index (χ3v) is 2.93. The van der Waals surface area contributed by atoms with Crippen molar-refractivity contribution in [2.24, 2.45) is 5.73 Å². The van der Waals surface area contributed by atoms with Crippen molar-refractivity contribution >= 4 is 0 Å². The fraction of sp³-hybridized carbons (Fsp3) is 0.250. The van der Waals surface area contributed by atoms with Gasteiger partial charge in [0, 0.05) is 6.04 Å². The minimum absolute atomic E-state index is 0.0236. The largest absolute Gasteiger partial charge is 0.457 e. The van der Waals surface area contributed by atoms with E-state index < -0.39 is 0 Å². The van der Waals surface area contributed by atoms with Crippen LogP contribution in [0.15, 0.2) is 48.5 Å². The Labute approximate surface area is 108 Å². The number of ether oxygens (including phenoxy) is 1. The molecule has 0 fully saturated rings. The molecule has 18 heavy (non-hydrogen) atoms. The molecule has 2 aromatic carbocycles. The third kappa shape index (κ3) is 3.11. The number of nitrogens with two attached hydrogens (primary N) is 1. The number of benzene rings is 2. The van der Waals surface area contributed by atoms with Gasteiger partial charge in [-0.3, -0.25) is 0 Å². The molecule has 0 saturated heterocycles. The van der Waals surface area contributed by atoms with Gasteiger partial charge in [-0.2, -0.15) is 0 Å². The summed E-state index contributed by atoms with van der Waals surface area (Å²) in [5.74, 6) is 1.70. The Morgan fingerprint density at radius 3 is 2.39 bits per heavy atom. The third-order valence-electron chi connectivity index (χ3n) is 2.93. The van der Waals surface area contributed by atoms with Gasteiger partial charge in [-0.1, -0.05) is 31.2 Å². The highest BCUT2D eigenvalue weighted by Crippen LogP contribution is 2.24. The number of hydrogen-bond donors (Lipinski definition) is 1. The summed E-state index contributed by atoms with van der Waals surface area (Å²) < 4.78 is 5.86. The van der Waals surface area contributed by atoms with Crippen LogP contribution in [0.25, 0.3) is 0 Å². The van der Waals surface area contributed by atoms with Crippen LogP contribution in [0.2, 0.25) is 0 Å². The van der Waals surface area contributed by atoms with Gasteiger partial charge in [0.2, 0.25) is 0 Å². The van der Waals surface area contributed by atoms with Crippen molar-refractivity contribution in [2.45, 2.75) is 26.3 Å². The summed E-state index contributed by atoms with van der Waals surface area (Å²) in [5.41, 5.74) is 8.22. The summed E-state index contributed by atoms with van der Waals surface area (Å²) >= 11 is 0. The first-order valence-electron chi connectivity index (χ1n) is 6.31. The normalized spacial score (nSPS) is 12.2. The highest BCUT2D eigenvalue weighted by molar-refractivity contribution is 5.36. The highest BCUT2D eigenvalue weighted by atomic mass is 16.5. The Bertz CT molecular complexity index is 520. The minimum atomic E-state index is 0.0236. The molecule has 0 amide bonds. The van der Waals surface area contributed by atoms with E-state index in [9.17, 15) is 0 Å². The monoisotopic (exact) mass is 241 g/mol. The van der Waals surface area contributed by atoms with Crippen LogP contribution in [-0.4, -0.2) is 0 Å². The Balaban J connectivity index is 2.20. The maximum atomic E-state index is 5.87. The molecule has 2 heteroatoms. The molecule has 0 aromatic heterocycles. The molecular formula is C16H19NO. The van der Waals surface area contributed by atoms with Crippen LogP contribution in [0.3, 0.4) is 0 Å². The smallest absolute Gasteiger partial charge is 0.127 e. The first-order valence-corrected chi connectivity index (χ1v) is 6.31. The average Bonchev–Trinajstić information content (AvgIpc) is 2.39. The van der Waals surface area contributed by atoms with Gasteiger partial charge in [-0.25, -0.2) is 0 Å². The molecule has 1 atom stereocenters. The van der Waals surface area contributed by atoms with Gasteiger partial charge in [-0.05, 0) is 48.7 Å². The van der Waals surface area contributed by atoms with Crippen molar-refractivity contribution < 1.29 is 4.74 Å². The lowest BCUT2D eigenvalue weighted by atomic mass is 10.1. The van der Waals surface area contributed by atoms with Gasteiger partial charge in [0.25, 0.3) is 0 Å². The standard InChI is InChI=1S/C16H19NO/c1-3-13-6-4-8-15(10-13)18-16-9-5-7-14(11-16)12(2)17/h4-12H,3,17H2,1-2H3. The zero-order chi connectivity index (χ0) is 13.0. The van der Waals surface area contributed by atoms with Crippen LogP contribution < -0.4 is 10.5 Å². The van der Waals surface area contributed by atoms with Crippen LogP contribution in [0, 0.1) is 0 Å². The minimum Gasteiger partial charge on any atom is -0.457 e. The molecule has 2 nitrogen and oxygen atoms in total. The Morgan fingerprint density at radius 2 is 1.72 bits per heavy atom. The van der Waals surface area contributed by atoms with E-state index in [0.717, 1.165) is 23.5 Å². The Morgan fingerprint density at radius 1 is 1.06 bits per heavy atom. The number of hydrogen-bond acceptors (Lipinski definition) is 2. The second-order valence-corrected chi connectivity index (χ2v) is 4.46. The molecule has 0 radical (unpaired) electrons. The zero-order valence-corrected chi connectivity index (χ0v) is 10.9. The van der Waals surface area contributed by atoms with Crippen LogP contribution in [0.5, 0.6) is 11.5 Å². The van der Waals surface area contributed by atoms with E-state index in [2.05, 4.69) is 19.1 Å². The van der Waals surface area contributed by atoms with Crippen molar-refractivity contribution in [3.05, 3.63) is 59.7 Å². The SMILES string of the molecule is CCc1cccc(Oc2cccc(C(C)N)c2)c1. The van der Waals surface area contributed by atoms with Crippen molar-refractivity contribution in [1.29, 1.82) is 0 Å². The number of rotatable bonds is 4.